The number of benzene rings is 1. The largest absolute Gasteiger partial charge is 0.349 e. The first-order valence-corrected chi connectivity index (χ1v) is 8.22. The third-order valence-electron chi connectivity index (χ3n) is 4.02. The van der Waals surface area contributed by atoms with Gasteiger partial charge in [-0.25, -0.2) is 4.68 Å². The van der Waals surface area contributed by atoms with Gasteiger partial charge in [-0.05, 0) is 57.0 Å². The summed E-state index contributed by atoms with van der Waals surface area (Å²) in [5.74, 6) is 0.640. The van der Waals surface area contributed by atoms with E-state index in [9.17, 15) is 4.79 Å². The van der Waals surface area contributed by atoms with Gasteiger partial charge in [-0.2, -0.15) is 5.10 Å². The Kier molecular flexibility index (Phi) is 4.65. The fraction of sp³-hybridized carbons (Fsp3) is 0.333. The van der Waals surface area contributed by atoms with Crippen LogP contribution in [0.2, 0.25) is 0 Å². The van der Waals surface area contributed by atoms with Gasteiger partial charge in [-0.3, -0.25) is 4.79 Å². The number of amides is 1. The molecule has 3 aromatic rings. The fourth-order valence-corrected chi connectivity index (χ4v) is 2.83. The quantitative estimate of drug-likeness (QED) is 0.773. The van der Waals surface area contributed by atoms with Crippen molar-refractivity contribution in [3.05, 3.63) is 58.9 Å². The first kappa shape index (κ1) is 16.9. The maximum atomic E-state index is 12.4. The molecule has 130 valence electrons. The first-order valence-electron chi connectivity index (χ1n) is 8.22. The summed E-state index contributed by atoms with van der Waals surface area (Å²) >= 11 is 0. The van der Waals surface area contributed by atoms with Crippen molar-refractivity contribution in [1.82, 2.24) is 29.9 Å². The molecule has 0 saturated heterocycles. The molecule has 0 spiro atoms. The molecule has 0 unspecified atom stereocenters. The second kappa shape index (κ2) is 6.88. The average molecular weight is 338 g/mol. The molecule has 25 heavy (non-hydrogen) atoms. The van der Waals surface area contributed by atoms with Gasteiger partial charge in [0.2, 0.25) is 0 Å². The van der Waals surface area contributed by atoms with Crippen LogP contribution in [0.15, 0.2) is 30.6 Å². The highest BCUT2D eigenvalue weighted by Gasteiger charge is 2.13. The van der Waals surface area contributed by atoms with Gasteiger partial charge in [0.25, 0.3) is 5.91 Å². The van der Waals surface area contributed by atoms with Crippen molar-refractivity contribution in [2.24, 2.45) is 0 Å². The Balaban J connectivity index is 1.71. The SMILES string of the molecule is Cc1cc(C)cc(-n2nc(C(=O)NCCn3cnnc3C)cc2C)c1. The van der Waals surface area contributed by atoms with E-state index in [2.05, 4.69) is 52.7 Å². The summed E-state index contributed by atoms with van der Waals surface area (Å²) in [5.41, 5.74) is 4.64. The van der Waals surface area contributed by atoms with Crippen LogP contribution in [0.3, 0.4) is 0 Å². The molecule has 2 heterocycles. The third kappa shape index (κ3) is 3.76. The Bertz CT molecular complexity index is 888. The lowest BCUT2D eigenvalue weighted by molar-refractivity contribution is 0.0947. The molecule has 3 rings (SSSR count). The molecule has 0 radical (unpaired) electrons. The molecule has 0 aliphatic rings. The monoisotopic (exact) mass is 338 g/mol. The minimum Gasteiger partial charge on any atom is -0.349 e. The Morgan fingerprint density at radius 3 is 2.44 bits per heavy atom. The van der Waals surface area contributed by atoms with Crippen LogP contribution in [-0.4, -0.2) is 37.0 Å². The smallest absolute Gasteiger partial charge is 0.271 e. The van der Waals surface area contributed by atoms with Gasteiger partial charge in [-0.15, -0.1) is 10.2 Å². The summed E-state index contributed by atoms with van der Waals surface area (Å²) in [7, 11) is 0. The summed E-state index contributed by atoms with van der Waals surface area (Å²) in [4.78, 5) is 12.4. The van der Waals surface area contributed by atoms with Crippen LogP contribution in [-0.2, 0) is 6.54 Å². The van der Waals surface area contributed by atoms with Gasteiger partial charge >= 0.3 is 0 Å². The second-order valence-electron chi connectivity index (χ2n) is 6.26. The van der Waals surface area contributed by atoms with E-state index in [1.54, 1.807) is 17.1 Å². The van der Waals surface area contributed by atoms with Crippen LogP contribution in [0.1, 0.15) is 33.1 Å². The van der Waals surface area contributed by atoms with E-state index in [1.807, 2.05) is 18.4 Å². The Labute approximate surface area is 146 Å². The summed E-state index contributed by atoms with van der Waals surface area (Å²) in [6, 6.07) is 8.03. The number of rotatable bonds is 5. The molecular formula is C18H22N6O. The minimum atomic E-state index is -0.183. The number of carbonyl (C=O) groups excluding carboxylic acids is 1. The zero-order valence-corrected chi connectivity index (χ0v) is 14.9. The van der Waals surface area contributed by atoms with Gasteiger partial charge < -0.3 is 9.88 Å². The van der Waals surface area contributed by atoms with Crippen molar-refractivity contribution < 1.29 is 4.79 Å². The molecule has 7 nitrogen and oxygen atoms in total. The minimum absolute atomic E-state index is 0.183. The van der Waals surface area contributed by atoms with Crippen molar-refractivity contribution >= 4 is 5.91 Å². The average Bonchev–Trinajstić information content (AvgIpc) is 3.12. The molecule has 0 fully saturated rings. The number of aryl methyl sites for hydroxylation is 4. The number of carbonyl (C=O) groups is 1. The highest BCUT2D eigenvalue weighted by Crippen LogP contribution is 2.16. The predicted octanol–water partition coefficient (Wildman–Crippen LogP) is 2.13. The van der Waals surface area contributed by atoms with Gasteiger partial charge in [0.05, 0.1) is 5.69 Å². The summed E-state index contributed by atoms with van der Waals surface area (Å²) in [5, 5.41) is 15.1. The van der Waals surface area contributed by atoms with Crippen molar-refractivity contribution in [1.29, 1.82) is 0 Å². The molecular weight excluding hydrogens is 316 g/mol. The summed E-state index contributed by atoms with van der Waals surface area (Å²) in [6.45, 7) is 9.05. The van der Waals surface area contributed by atoms with Crippen LogP contribution in [0.4, 0.5) is 0 Å². The lowest BCUT2D eigenvalue weighted by atomic mass is 10.1. The van der Waals surface area contributed by atoms with Crippen LogP contribution in [0.5, 0.6) is 0 Å². The molecule has 0 bridgehead atoms. The maximum Gasteiger partial charge on any atom is 0.271 e. The zero-order chi connectivity index (χ0) is 18.0. The van der Waals surface area contributed by atoms with Gasteiger partial charge in [0.1, 0.15) is 12.2 Å². The standard InChI is InChI=1S/C18H22N6O/c1-12-7-13(2)9-16(8-12)24-14(3)10-17(22-24)18(25)19-5-6-23-11-20-21-15(23)4/h7-11H,5-6H2,1-4H3,(H,19,25). The lowest BCUT2D eigenvalue weighted by Gasteiger charge is -2.07. The Morgan fingerprint density at radius 2 is 1.80 bits per heavy atom. The maximum absolute atomic E-state index is 12.4. The molecule has 0 aliphatic carbocycles. The van der Waals surface area contributed by atoms with Crippen LogP contribution >= 0.6 is 0 Å². The first-order chi connectivity index (χ1) is 11.9. The van der Waals surface area contributed by atoms with Gasteiger partial charge in [0.15, 0.2) is 5.69 Å². The highest BCUT2D eigenvalue weighted by molar-refractivity contribution is 5.92. The van der Waals surface area contributed by atoms with Crippen molar-refractivity contribution in [3.63, 3.8) is 0 Å². The zero-order valence-electron chi connectivity index (χ0n) is 14.9. The van der Waals surface area contributed by atoms with E-state index in [-0.39, 0.29) is 5.91 Å². The van der Waals surface area contributed by atoms with Crippen LogP contribution in [0, 0.1) is 27.7 Å². The van der Waals surface area contributed by atoms with Crippen LogP contribution in [0.25, 0.3) is 5.69 Å². The fourth-order valence-electron chi connectivity index (χ4n) is 2.83. The van der Waals surface area contributed by atoms with Gasteiger partial charge in [-0.1, -0.05) is 6.07 Å². The van der Waals surface area contributed by atoms with E-state index in [1.165, 1.54) is 11.1 Å². The Morgan fingerprint density at radius 1 is 1.08 bits per heavy atom. The number of aromatic nitrogens is 5. The molecule has 1 aromatic carbocycles. The van der Waals surface area contributed by atoms with E-state index >= 15 is 0 Å². The molecule has 1 amide bonds. The van der Waals surface area contributed by atoms with E-state index in [0.717, 1.165) is 17.2 Å². The van der Waals surface area contributed by atoms with Crippen LogP contribution < -0.4 is 5.32 Å². The number of nitrogens with one attached hydrogen (secondary N) is 1. The van der Waals surface area contributed by atoms with Crippen molar-refractivity contribution in [2.45, 2.75) is 34.2 Å². The molecule has 7 heteroatoms. The van der Waals surface area contributed by atoms with Crippen molar-refractivity contribution in [2.75, 3.05) is 6.54 Å². The normalized spacial score (nSPS) is 10.9. The summed E-state index contributed by atoms with van der Waals surface area (Å²) in [6.07, 6.45) is 1.65. The number of hydrogen-bond donors (Lipinski definition) is 1. The predicted molar refractivity (Wildman–Crippen MR) is 94.9 cm³/mol. The van der Waals surface area contributed by atoms with E-state index < -0.39 is 0 Å². The Hall–Kier alpha value is -2.96. The van der Waals surface area contributed by atoms with E-state index in [4.69, 9.17) is 0 Å². The lowest BCUT2D eigenvalue weighted by Crippen LogP contribution is -2.27. The summed E-state index contributed by atoms with van der Waals surface area (Å²) < 4.78 is 3.69. The molecule has 2 aromatic heterocycles. The molecule has 1 N–H and O–H groups in total. The number of nitrogens with zero attached hydrogens (tertiary/aromatic N) is 5. The van der Waals surface area contributed by atoms with E-state index in [0.29, 0.717) is 18.8 Å². The van der Waals surface area contributed by atoms with Crippen molar-refractivity contribution in [3.8, 4) is 5.69 Å². The second-order valence-corrected chi connectivity index (χ2v) is 6.26. The molecule has 0 aliphatic heterocycles. The number of hydrogen-bond acceptors (Lipinski definition) is 4. The van der Waals surface area contributed by atoms with Gasteiger partial charge in [0, 0.05) is 18.8 Å². The highest BCUT2D eigenvalue weighted by atomic mass is 16.1. The molecule has 0 atom stereocenters. The topological polar surface area (TPSA) is 77.6 Å². The molecule has 0 saturated carbocycles. The third-order valence-corrected chi connectivity index (χ3v) is 4.02.